The van der Waals surface area contributed by atoms with Gasteiger partial charge in [0.25, 0.3) is 0 Å². The molecule has 0 fully saturated rings. The molecule has 0 aliphatic heterocycles. The van der Waals surface area contributed by atoms with Crippen molar-refractivity contribution in [2.24, 2.45) is 0 Å². The van der Waals surface area contributed by atoms with Crippen molar-refractivity contribution in [2.75, 3.05) is 7.11 Å². The minimum atomic E-state index is -0.403. The number of nitrogens with zero attached hydrogens (tertiary/aromatic N) is 5. The van der Waals surface area contributed by atoms with Gasteiger partial charge in [0, 0.05) is 6.07 Å². The molecule has 0 atom stereocenters. The van der Waals surface area contributed by atoms with Gasteiger partial charge in [0.2, 0.25) is 5.16 Å². The van der Waals surface area contributed by atoms with Crippen molar-refractivity contribution in [1.29, 1.82) is 0 Å². The lowest BCUT2D eigenvalue weighted by Gasteiger charge is -2.01. The molecule has 0 aliphatic rings. The van der Waals surface area contributed by atoms with E-state index in [1.165, 1.54) is 23.6 Å². The molecular formula is C9H11N5O3S. The van der Waals surface area contributed by atoms with Crippen LogP contribution in [0.2, 0.25) is 0 Å². The van der Waals surface area contributed by atoms with Crippen molar-refractivity contribution < 1.29 is 14.1 Å². The number of methoxy groups -OCH3 is 1. The summed E-state index contributed by atoms with van der Waals surface area (Å²) in [5.41, 5.74) is 0.819. The number of ether oxygens (including phenoxy) is 1. The topological polar surface area (TPSA) is 95.9 Å². The quantitative estimate of drug-likeness (QED) is 0.569. The molecule has 8 nitrogen and oxygen atoms in total. The Morgan fingerprint density at radius 2 is 2.44 bits per heavy atom. The molecule has 0 aliphatic carbocycles. The summed E-state index contributed by atoms with van der Waals surface area (Å²) in [7, 11) is 1.32. The first-order chi connectivity index (χ1) is 8.69. The molecule has 96 valence electrons. The van der Waals surface area contributed by atoms with Crippen molar-refractivity contribution >= 4 is 17.7 Å². The van der Waals surface area contributed by atoms with Gasteiger partial charge in [-0.15, -0.1) is 5.10 Å². The van der Waals surface area contributed by atoms with Crippen LogP contribution >= 0.6 is 11.8 Å². The minimum Gasteiger partial charge on any atom is -0.468 e. The Kier molecular flexibility index (Phi) is 3.92. The third-order valence-corrected chi connectivity index (χ3v) is 3.01. The SMILES string of the molecule is COC(=O)Cn1nnnc1SCc1cc(C)no1. The van der Waals surface area contributed by atoms with Gasteiger partial charge in [0.15, 0.2) is 0 Å². The molecule has 0 aromatic carbocycles. The molecule has 0 unspecified atom stereocenters. The normalized spacial score (nSPS) is 10.6. The van der Waals surface area contributed by atoms with Crippen molar-refractivity contribution in [1.82, 2.24) is 25.4 Å². The number of aromatic nitrogens is 5. The molecule has 0 spiro atoms. The van der Waals surface area contributed by atoms with Crippen molar-refractivity contribution in [3.05, 3.63) is 17.5 Å². The zero-order chi connectivity index (χ0) is 13.0. The van der Waals surface area contributed by atoms with Gasteiger partial charge in [-0.1, -0.05) is 16.9 Å². The van der Waals surface area contributed by atoms with E-state index in [2.05, 4.69) is 25.4 Å². The van der Waals surface area contributed by atoms with E-state index in [9.17, 15) is 4.79 Å². The molecule has 2 aromatic heterocycles. The second-order valence-electron chi connectivity index (χ2n) is 3.42. The maximum Gasteiger partial charge on any atom is 0.327 e. The molecule has 0 bridgehead atoms. The van der Waals surface area contributed by atoms with E-state index >= 15 is 0 Å². The molecule has 2 heterocycles. The number of esters is 1. The average Bonchev–Trinajstić information content (AvgIpc) is 2.96. The largest absolute Gasteiger partial charge is 0.468 e. The van der Waals surface area contributed by atoms with Gasteiger partial charge in [-0.3, -0.25) is 4.79 Å². The van der Waals surface area contributed by atoms with E-state index in [4.69, 9.17) is 4.52 Å². The first kappa shape index (κ1) is 12.6. The van der Waals surface area contributed by atoms with Gasteiger partial charge < -0.3 is 9.26 Å². The summed E-state index contributed by atoms with van der Waals surface area (Å²) in [6.07, 6.45) is 0. The van der Waals surface area contributed by atoms with Crippen LogP contribution < -0.4 is 0 Å². The summed E-state index contributed by atoms with van der Waals surface area (Å²) < 4.78 is 11.0. The summed E-state index contributed by atoms with van der Waals surface area (Å²) in [6, 6.07) is 1.83. The second kappa shape index (κ2) is 5.63. The molecule has 0 saturated carbocycles. The second-order valence-corrected chi connectivity index (χ2v) is 4.36. The number of hydrogen-bond acceptors (Lipinski definition) is 8. The maximum atomic E-state index is 11.1. The summed E-state index contributed by atoms with van der Waals surface area (Å²) in [5.74, 6) is 0.868. The van der Waals surface area contributed by atoms with Gasteiger partial charge in [0.05, 0.1) is 18.6 Å². The number of carbonyl (C=O) groups excluding carboxylic acids is 1. The fraction of sp³-hybridized carbons (Fsp3) is 0.444. The van der Waals surface area contributed by atoms with Crippen LogP contribution in [0, 0.1) is 6.92 Å². The Labute approximate surface area is 107 Å². The van der Waals surface area contributed by atoms with Gasteiger partial charge in [0.1, 0.15) is 12.3 Å². The lowest BCUT2D eigenvalue weighted by atomic mass is 10.4. The van der Waals surface area contributed by atoms with Gasteiger partial charge >= 0.3 is 5.97 Å². The van der Waals surface area contributed by atoms with Gasteiger partial charge in [-0.05, 0) is 17.4 Å². The smallest absolute Gasteiger partial charge is 0.327 e. The van der Waals surface area contributed by atoms with E-state index < -0.39 is 5.97 Å². The summed E-state index contributed by atoms with van der Waals surface area (Å²) >= 11 is 1.36. The maximum absolute atomic E-state index is 11.1. The van der Waals surface area contributed by atoms with Crippen LogP contribution in [0.3, 0.4) is 0 Å². The van der Waals surface area contributed by atoms with E-state index in [-0.39, 0.29) is 6.54 Å². The highest BCUT2D eigenvalue weighted by atomic mass is 32.2. The van der Waals surface area contributed by atoms with Crippen LogP contribution in [0.25, 0.3) is 0 Å². The number of rotatable bonds is 5. The predicted octanol–water partition coefficient (Wildman–Crippen LogP) is 0.435. The average molecular weight is 269 g/mol. The fourth-order valence-electron chi connectivity index (χ4n) is 1.21. The molecule has 0 N–H and O–H groups in total. The van der Waals surface area contributed by atoms with E-state index in [0.717, 1.165) is 11.5 Å². The number of hydrogen-bond donors (Lipinski definition) is 0. The third kappa shape index (κ3) is 3.06. The van der Waals surface area contributed by atoms with Crippen LogP contribution in [0.4, 0.5) is 0 Å². The number of tetrazole rings is 1. The standard InChI is InChI=1S/C9H11N5O3S/c1-6-3-7(17-11-6)5-18-9-10-12-13-14(9)4-8(15)16-2/h3H,4-5H2,1-2H3. The van der Waals surface area contributed by atoms with Crippen molar-refractivity contribution in [3.8, 4) is 0 Å². The third-order valence-electron chi connectivity index (χ3n) is 2.03. The van der Waals surface area contributed by atoms with Crippen LogP contribution in [0.15, 0.2) is 15.7 Å². The highest BCUT2D eigenvalue weighted by molar-refractivity contribution is 7.98. The zero-order valence-corrected chi connectivity index (χ0v) is 10.7. The highest BCUT2D eigenvalue weighted by Gasteiger charge is 2.12. The van der Waals surface area contributed by atoms with Gasteiger partial charge in [-0.2, -0.15) is 0 Å². The van der Waals surface area contributed by atoms with Crippen molar-refractivity contribution in [3.63, 3.8) is 0 Å². The summed E-state index contributed by atoms with van der Waals surface area (Å²) in [4.78, 5) is 11.1. The number of carbonyl (C=O) groups is 1. The van der Waals surface area contributed by atoms with Crippen LogP contribution in [-0.2, 0) is 21.8 Å². The Bertz CT molecular complexity index is 538. The molecular weight excluding hydrogens is 258 g/mol. The molecule has 2 aromatic rings. The Morgan fingerprint density at radius 1 is 1.61 bits per heavy atom. The molecule has 9 heteroatoms. The highest BCUT2D eigenvalue weighted by Crippen LogP contribution is 2.20. The zero-order valence-electron chi connectivity index (χ0n) is 9.86. The Hall–Kier alpha value is -1.90. The fourth-order valence-corrected chi connectivity index (χ4v) is 1.96. The summed E-state index contributed by atoms with van der Waals surface area (Å²) in [5, 5.41) is 15.3. The molecule has 0 amide bonds. The first-order valence-corrected chi connectivity index (χ1v) is 6.05. The van der Waals surface area contributed by atoms with E-state index in [1.54, 1.807) is 0 Å². The lowest BCUT2D eigenvalue weighted by Crippen LogP contribution is -2.13. The minimum absolute atomic E-state index is 0.0126. The Balaban J connectivity index is 1.97. The molecule has 2 rings (SSSR count). The molecule has 0 saturated heterocycles. The first-order valence-electron chi connectivity index (χ1n) is 5.07. The van der Waals surface area contributed by atoms with E-state index in [1.807, 2.05) is 13.0 Å². The molecule has 0 radical (unpaired) electrons. The van der Waals surface area contributed by atoms with Crippen LogP contribution in [0.1, 0.15) is 11.5 Å². The van der Waals surface area contributed by atoms with E-state index in [0.29, 0.717) is 10.9 Å². The Morgan fingerprint density at radius 3 is 3.11 bits per heavy atom. The number of aryl methyl sites for hydroxylation is 1. The predicted molar refractivity (Wildman–Crippen MR) is 60.6 cm³/mol. The lowest BCUT2D eigenvalue weighted by molar-refractivity contribution is -0.141. The number of thioether (sulfide) groups is 1. The van der Waals surface area contributed by atoms with Crippen LogP contribution in [-0.4, -0.2) is 38.4 Å². The summed E-state index contributed by atoms with van der Waals surface area (Å²) in [6.45, 7) is 1.83. The van der Waals surface area contributed by atoms with Crippen LogP contribution in [0.5, 0.6) is 0 Å². The monoisotopic (exact) mass is 269 g/mol. The molecule has 18 heavy (non-hydrogen) atoms. The van der Waals surface area contributed by atoms with Crippen molar-refractivity contribution in [2.45, 2.75) is 24.4 Å². The van der Waals surface area contributed by atoms with Gasteiger partial charge in [-0.25, -0.2) is 4.68 Å².